The van der Waals surface area contributed by atoms with Crippen LogP contribution in [0, 0.1) is 8.34 Å². The van der Waals surface area contributed by atoms with Crippen molar-refractivity contribution in [2.24, 2.45) is 7.05 Å². The van der Waals surface area contributed by atoms with Crippen LogP contribution in [0.5, 0.6) is 5.75 Å². The van der Waals surface area contributed by atoms with Crippen molar-refractivity contribution in [2.75, 3.05) is 6.61 Å². The molecule has 6 nitrogen and oxygen atoms in total. The summed E-state index contributed by atoms with van der Waals surface area (Å²) in [7, 11) is 1.79. The molecule has 1 heterocycles. The minimum Gasteiger partial charge on any atom is -0.484 e. The van der Waals surface area contributed by atoms with Crippen molar-refractivity contribution in [3.8, 4) is 5.75 Å². The maximum Gasteiger partial charge on any atom is 0.258 e. The number of nitrogens with zero attached hydrogens (tertiary/aromatic N) is 2. The smallest absolute Gasteiger partial charge is 0.258 e. The van der Waals surface area contributed by atoms with E-state index in [0.29, 0.717) is 22.9 Å². The fraction of sp³-hybridized carbons (Fsp3) is 0.250. The molecule has 20 heavy (non-hydrogen) atoms. The van der Waals surface area contributed by atoms with Gasteiger partial charge in [0.15, 0.2) is 17.2 Å². The Morgan fingerprint density at radius 2 is 2.20 bits per heavy atom. The average molecular weight is 404 g/mol. The Hall–Kier alpha value is -1.42. The minimum atomic E-state index is -0.211. The molecule has 2 rings (SSSR count). The maximum atomic E-state index is 11.7. The van der Waals surface area contributed by atoms with Gasteiger partial charge in [-0.15, -0.1) is 0 Å². The third kappa shape index (κ3) is 4.04. The van der Waals surface area contributed by atoms with Gasteiger partial charge in [0.2, 0.25) is 0 Å². The van der Waals surface area contributed by atoms with Gasteiger partial charge in [0.1, 0.15) is 5.75 Å². The molecule has 0 fully saturated rings. The molecule has 0 atom stereocenters. The lowest BCUT2D eigenvalue weighted by Gasteiger charge is -2.07. The maximum absolute atomic E-state index is 11.7. The van der Waals surface area contributed by atoms with Gasteiger partial charge in [-0.2, -0.15) is 5.10 Å². The quantitative estimate of drug-likeness (QED) is 0.589. The fourth-order valence-corrected chi connectivity index (χ4v) is 1.96. The summed E-state index contributed by atoms with van der Waals surface area (Å²) in [5, 5.41) is 9.38. The van der Waals surface area contributed by atoms with E-state index in [0.717, 1.165) is 3.57 Å². The molecule has 0 aliphatic carbocycles. The van der Waals surface area contributed by atoms with Gasteiger partial charge < -0.3 is 14.6 Å². The van der Waals surface area contributed by atoms with Gasteiger partial charge in [0, 0.05) is 10.6 Å². The number of carbonyl (C=O) groups excluding carboxylic acids is 1. The van der Waals surface area contributed by atoms with Crippen LogP contribution in [0.3, 0.4) is 0 Å². The Labute approximate surface area is 134 Å². The molecule has 2 N–H and O–H groups in total. The van der Waals surface area contributed by atoms with Crippen molar-refractivity contribution >= 4 is 40.7 Å². The molecule has 0 saturated carbocycles. The number of aromatic amines is 1. The summed E-state index contributed by atoms with van der Waals surface area (Å²) in [5.41, 5.74) is 0. The predicted octanol–water partition coefficient (Wildman–Crippen LogP) is 1.78. The summed E-state index contributed by atoms with van der Waals surface area (Å²) < 4.78 is 8.71. The molecule has 1 aromatic heterocycles. The lowest BCUT2D eigenvalue weighted by Crippen LogP contribution is -2.29. The Balaban J connectivity index is 1.80. The standard InChI is InChI=1S/C12H13IN4O2S/c1-17-10(15-16-12(17)20)6-14-11(18)7-19-9-4-2-8(13)3-5-9/h2-5H,6-7H2,1H3,(H,14,18)(H,16,20). The summed E-state index contributed by atoms with van der Waals surface area (Å²) in [6.45, 7) is 0.272. The lowest BCUT2D eigenvalue weighted by molar-refractivity contribution is -0.123. The van der Waals surface area contributed by atoms with Crippen LogP contribution in [-0.4, -0.2) is 27.3 Å². The number of hydrogen-bond acceptors (Lipinski definition) is 4. The molecule has 106 valence electrons. The molecule has 0 radical (unpaired) electrons. The largest absolute Gasteiger partial charge is 0.484 e. The monoisotopic (exact) mass is 404 g/mol. The van der Waals surface area contributed by atoms with Gasteiger partial charge in [-0.25, -0.2) is 0 Å². The predicted molar refractivity (Wildman–Crippen MR) is 84.9 cm³/mol. The summed E-state index contributed by atoms with van der Waals surface area (Å²) in [5.74, 6) is 1.12. The van der Waals surface area contributed by atoms with E-state index in [1.54, 1.807) is 11.6 Å². The zero-order valence-electron chi connectivity index (χ0n) is 10.7. The summed E-state index contributed by atoms with van der Waals surface area (Å²) in [6, 6.07) is 7.49. The van der Waals surface area contributed by atoms with E-state index in [9.17, 15) is 4.79 Å². The topological polar surface area (TPSA) is 71.9 Å². The second-order valence-corrected chi connectivity index (χ2v) is 5.66. The molecule has 0 saturated heterocycles. The molecule has 0 aliphatic heterocycles. The highest BCUT2D eigenvalue weighted by Crippen LogP contribution is 2.13. The normalized spacial score (nSPS) is 10.3. The van der Waals surface area contributed by atoms with Crippen molar-refractivity contribution in [1.82, 2.24) is 20.1 Å². The van der Waals surface area contributed by atoms with Gasteiger partial charge in [-0.3, -0.25) is 9.89 Å². The van der Waals surface area contributed by atoms with E-state index >= 15 is 0 Å². The van der Waals surface area contributed by atoms with E-state index in [-0.39, 0.29) is 12.5 Å². The van der Waals surface area contributed by atoms with Crippen LogP contribution < -0.4 is 10.1 Å². The first-order valence-electron chi connectivity index (χ1n) is 5.81. The van der Waals surface area contributed by atoms with Gasteiger partial charge in [-0.1, -0.05) is 0 Å². The van der Waals surface area contributed by atoms with Crippen LogP contribution in [0.25, 0.3) is 0 Å². The van der Waals surface area contributed by atoms with Crippen molar-refractivity contribution < 1.29 is 9.53 Å². The number of amides is 1. The number of hydrogen-bond donors (Lipinski definition) is 2. The molecular formula is C12H13IN4O2S. The molecule has 0 bridgehead atoms. The fourth-order valence-electron chi connectivity index (χ4n) is 1.45. The van der Waals surface area contributed by atoms with E-state index in [4.69, 9.17) is 17.0 Å². The van der Waals surface area contributed by atoms with Crippen LogP contribution in [0.15, 0.2) is 24.3 Å². The lowest BCUT2D eigenvalue weighted by atomic mass is 10.3. The number of benzene rings is 1. The van der Waals surface area contributed by atoms with Crippen LogP contribution in [0.4, 0.5) is 0 Å². The molecule has 8 heteroatoms. The second kappa shape index (κ2) is 6.84. The van der Waals surface area contributed by atoms with E-state index in [1.165, 1.54) is 0 Å². The first-order valence-corrected chi connectivity index (χ1v) is 7.30. The van der Waals surface area contributed by atoms with Crippen LogP contribution >= 0.6 is 34.8 Å². The molecule has 2 aromatic rings. The van der Waals surface area contributed by atoms with Crippen LogP contribution in [0.1, 0.15) is 5.82 Å². The van der Waals surface area contributed by atoms with Gasteiger partial charge in [-0.05, 0) is 59.1 Å². The number of carbonyl (C=O) groups is 1. The molecule has 0 spiro atoms. The summed E-state index contributed by atoms with van der Waals surface area (Å²) in [4.78, 5) is 11.7. The van der Waals surface area contributed by atoms with Gasteiger partial charge in [0.25, 0.3) is 5.91 Å². The van der Waals surface area contributed by atoms with Crippen LogP contribution in [-0.2, 0) is 18.4 Å². The summed E-state index contributed by atoms with van der Waals surface area (Å²) in [6.07, 6.45) is 0. The van der Waals surface area contributed by atoms with Gasteiger partial charge in [0.05, 0.1) is 6.54 Å². The molecular weight excluding hydrogens is 391 g/mol. The van der Waals surface area contributed by atoms with Crippen LogP contribution in [0.2, 0.25) is 0 Å². The first-order chi connectivity index (χ1) is 9.56. The Morgan fingerprint density at radius 3 is 2.80 bits per heavy atom. The molecule has 1 aromatic carbocycles. The third-order valence-electron chi connectivity index (χ3n) is 2.60. The van der Waals surface area contributed by atoms with E-state index in [2.05, 4.69) is 38.1 Å². The van der Waals surface area contributed by atoms with E-state index < -0.39 is 0 Å². The number of rotatable bonds is 5. The highest BCUT2D eigenvalue weighted by Gasteiger charge is 2.06. The van der Waals surface area contributed by atoms with E-state index in [1.807, 2.05) is 24.3 Å². The number of aromatic nitrogens is 3. The number of H-pyrrole nitrogens is 1. The first kappa shape index (κ1) is 15.0. The molecule has 0 unspecified atom stereocenters. The Kier molecular flexibility index (Phi) is 5.12. The second-order valence-electron chi connectivity index (χ2n) is 4.02. The number of nitrogens with one attached hydrogen (secondary N) is 2. The molecule has 1 amide bonds. The highest BCUT2D eigenvalue weighted by molar-refractivity contribution is 14.1. The highest BCUT2D eigenvalue weighted by atomic mass is 127. The van der Waals surface area contributed by atoms with Crippen molar-refractivity contribution in [3.63, 3.8) is 0 Å². The van der Waals surface area contributed by atoms with Crippen molar-refractivity contribution in [3.05, 3.63) is 38.4 Å². The minimum absolute atomic E-state index is 0.0323. The third-order valence-corrected chi connectivity index (χ3v) is 3.68. The van der Waals surface area contributed by atoms with Crippen molar-refractivity contribution in [1.29, 1.82) is 0 Å². The zero-order chi connectivity index (χ0) is 14.5. The zero-order valence-corrected chi connectivity index (χ0v) is 13.7. The SMILES string of the molecule is Cn1c(CNC(=O)COc2ccc(I)cc2)n[nH]c1=S. The van der Waals surface area contributed by atoms with Crippen molar-refractivity contribution in [2.45, 2.75) is 6.54 Å². The average Bonchev–Trinajstić information content (AvgIpc) is 2.76. The Morgan fingerprint density at radius 1 is 1.50 bits per heavy atom. The molecule has 0 aliphatic rings. The number of ether oxygens (including phenoxy) is 1. The van der Waals surface area contributed by atoms with Gasteiger partial charge >= 0.3 is 0 Å². The number of halogens is 1. The Bertz CT molecular complexity index is 650. The summed E-state index contributed by atoms with van der Waals surface area (Å²) >= 11 is 7.19.